The van der Waals surface area contributed by atoms with Crippen molar-refractivity contribution in [3.63, 3.8) is 0 Å². The molecule has 1 heterocycles. The van der Waals surface area contributed by atoms with Gasteiger partial charge in [-0.25, -0.2) is 13.2 Å². The lowest BCUT2D eigenvalue weighted by Gasteiger charge is -2.15. The molecule has 1 aromatic carbocycles. The highest BCUT2D eigenvalue weighted by molar-refractivity contribution is 7.91. The molecular weight excluding hydrogens is 337 g/mol. The molecule has 1 aliphatic rings. The number of urea groups is 1. The molecule has 1 aromatic rings. The van der Waals surface area contributed by atoms with Crippen molar-refractivity contribution in [3.05, 3.63) is 24.3 Å². The number of benzene rings is 1. The van der Waals surface area contributed by atoms with Gasteiger partial charge in [-0.15, -0.1) is 0 Å². The molecule has 1 saturated heterocycles. The van der Waals surface area contributed by atoms with Gasteiger partial charge in [0.2, 0.25) is 0 Å². The minimum absolute atomic E-state index is 0.00320. The first-order valence-corrected chi connectivity index (χ1v) is 8.53. The van der Waals surface area contributed by atoms with Gasteiger partial charge in [-0.1, -0.05) is 12.1 Å². The van der Waals surface area contributed by atoms with Crippen molar-refractivity contribution in [2.75, 3.05) is 23.4 Å². The van der Waals surface area contributed by atoms with Crippen molar-refractivity contribution in [1.29, 1.82) is 0 Å². The summed E-state index contributed by atoms with van der Waals surface area (Å²) >= 11 is 0. The van der Waals surface area contributed by atoms with E-state index in [-0.39, 0.29) is 22.9 Å². The summed E-state index contributed by atoms with van der Waals surface area (Å²) in [4.78, 5) is 11.8. The Kier molecular flexibility index (Phi) is 5.03. The molecule has 6 nitrogen and oxygen atoms in total. The standard InChI is InChI=1S/C13H15F3N2O4S/c14-13(15,16)8-22-11-4-2-1-3-10(11)18-12(19)17-9-5-6-23(20,21)7-9/h1-4,9H,5-8H2,(H2,17,18,19). The molecule has 23 heavy (non-hydrogen) atoms. The van der Waals surface area contributed by atoms with Gasteiger partial charge in [0.15, 0.2) is 16.4 Å². The predicted molar refractivity (Wildman–Crippen MR) is 77.2 cm³/mol. The molecule has 128 valence electrons. The van der Waals surface area contributed by atoms with E-state index in [1.807, 2.05) is 0 Å². The molecule has 1 atom stereocenters. The van der Waals surface area contributed by atoms with E-state index in [9.17, 15) is 26.4 Å². The quantitative estimate of drug-likeness (QED) is 0.867. The average Bonchev–Trinajstić information content (AvgIpc) is 2.76. The van der Waals surface area contributed by atoms with Gasteiger partial charge in [0, 0.05) is 6.04 Å². The predicted octanol–water partition coefficient (Wildman–Crippen LogP) is 1.94. The number of halogens is 3. The van der Waals surface area contributed by atoms with Crippen LogP contribution in [0, 0.1) is 0 Å². The van der Waals surface area contributed by atoms with E-state index < -0.39 is 34.7 Å². The van der Waals surface area contributed by atoms with Crippen LogP contribution in [0.2, 0.25) is 0 Å². The van der Waals surface area contributed by atoms with Gasteiger partial charge in [-0.2, -0.15) is 13.2 Å². The lowest BCUT2D eigenvalue weighted by atomic mass is 10.2. The van der Waals surface area contributed by atoms with Crippen LogP contribution in [0.3, 0.4) is 0 Å². The zero-order valence-corrected chi connectivity index (χ0v) is 12.7. The highest BCUT2D eigenvalue weighted by Gasteiger charge is 2.30. The number of amides is 2. The molecule has 0 aliphatic carbocycles. The second-order valence-corrected chi connectivity index (χ2v) is 7.33. The van der Waals surface area contributed by atoms with Crippen LogP contribution in [-0.4, -0.2) is 44.8 Å². The largest absolute Gasteiger partial charge is 0.482 e. The molecule has 1 fully saturated rings. The summed E-state index contributed by atoms with van der Waals surface area (Å²) in [5, 5.41) is 4.84. The maximum Gasteiger partial charge on any atom is 0.422 e. The lowest BCUT2D eigenvalue weighted by Crippen LogP contribution is -2.38. The van der Waals surface area contributed by atoms with Crippen LogP contribution >= 0.6 is 0 Å². The van der Waals surface area contributed by atoms with Crippen molar-refractivity contribution in [2.24, 2.45) is 0 Å². The van der Waals surface area contributed by atoms with Crippen LogP contribution in [0.1, 0.15) is 6.42 Å². The second-order valence-electron chi connectivity index (χ2n) is 5.10. The molecule has 0 radical (unpaired) electrons. The molecule has 0 saturated carbocycles. The molecule has 10 heteroatoms. The smallest absolute Gasteiger partial charge is 0.422 e. The van der Waals surface area contributed by atoms with Gasteiger partial charge in [0.1, 0.15) is 5.75 Å². The number of ether oxygens (including phenoxy) is 1. The SMILES string of the molecule is O=C(Nc1ccccc1OCC(F)(F)F)NC1CCS(=O)(=O)C1. The first-order chi connectivity index (χ1) is 10.6. The van der Waals surface area contributed by atoms with Crippen molar-refractivity contribution < 1.29 is 31.1 Å². The van der Waals surface area contributed by atoms with Gasteiger partial charge in [0.05, 0.1) is 17.2 Å². The van der Waals surface area contributed by atoms with E-state index in [2.05, 4.69) is 15.4 Å². The van der Waals surface area contributed by atoms with Gasteiger partial charge in [-0.3, -0.25) is 0 Å². The Hall–Kier alpha value is -1.97. The summed E-state index contributed by atoms with van der Waals surface area (Å²) in [5.74, 6) is -0.269. The van der Waals surface area contributed by atoms with Crippen LogP contribution in [-0.2, 0) is 9.84 Å². The minimum Gasteiger partial charge on any atom is -0.482 e. The first-order valence-electron chi connectivity index (χ1n) is 6.71. The van der Waals surface area contributed by atoms with Crippen LogP contribution in [0.25, 0.3) is 0 Å². The monoisotopic (exact) mass is 352 g/mol. The number of sulfone groups is 1. The maximum absolute atomic E-state index is 12.2. The Bertz CT molecular complexity index is 676. The number of anilines is 1. The molecule has 1 unspecified atom stereocenters. The number of hydrogen-bond acceptors (Lipinski definition) is 4. The van der Waals surface area contributed by atoms with Crippen molar-refractivity contribution in [3.8, 4) is 5.75 Å². The normalized spacial score (nSPS) is 20.0. The zero-order chi connectivity index (χ0) is 17.1. The summed E-state index contributed by atoms with van der Waals surface area (Å²) in [5.41, 5.74) is 0.0649. The molecule has 2 amide bonds. The Labute approximate surface area is 130 Å². The maximum atomic E-state index is 12.2. The van der Waals surface area contributed by atoms with Crippen molar-refractivity contribution in [1.82, 2.24) is 5.32 Å². The van der Waals surface area contributed by atoms with Crippen LogP contribution < -0.4 is 15.4 Å². The number of alkyl halides is 3. The summed E-state index contributed by atoms with van der Waals surface area (Å²) in [6, 6.07) is 4.46. The van der Waals surface area contributed by atoms with E-state index in [4.69, 9.17) is 0 Å². The van der Waals surface area contributed by atoms with Gasteiger partial charge >= 0.3 is 12.2 Å². The summed E-state index contributed by atoms with van der Waals surface area (Å²) in [7, 11) is -3.14. The average molecular weight is 352 g/mol. The van der Waals surface area contributed by atoms with Gasteiger partial charge < -0.3 is 15.4 Å². The minimum atomic E-state index is -4.49. The van der Waals surface area contributed by atoms with Crippen molar-refractivity contribution >= 4 is 21.6 Å². The zero-order valence-electron chi connectivity index (χ0n) is 11.9. The number of carbonyl (C=O) groups excluding carboxylic acids is 1. The number of carbonyl (C=O) groups is 1. The van der Waals surface area contributed by atoms with Crippen LogP contribution in [0.15, 0.2) is 24.3 Å². The van der Waals surface area contributed by atoms with Crippen LogP contribution in [0.5, 0.6) is 5.75 Å². The first kappa shape index (κ1) is 17.4. The Morgan fingerprint density at radius 2 is 2.00 bits per heavy atom. The van der Waals surface area contributed by atoms with Gasteiger partial charge in [-0.05, 0) is 18.6 Å². The number of nitrogens with one attached hydrogen (secondary N) is 2. The molecule has 2 rings (SSSR count). The number of para-hydroxylation sites is 2. The lowest BCUT2D eigenvalue weighted by molar-refractivity contribution is -0.153. The third kappa shape index (κ3) is 5.62. The summed E-state index contributed by atoms with van der Waals surface area (Å²) in [6.45, 7) is -1.48. The molecule has 2 N–H and O–H groups in total. The number of hydrogen-bond donors (Lipinski definition) is 2. The van der Waals surface area contributed by atoms with E-state index in [0.29, 0.717) is 6.42 Å². The fourth-order valence-corrected chi connectivity index (χ4v) is 3.78. The molecule has 1 aliphatic heterocycles. The topological polar surface area (TPSA) is 84.5 Å². The van der Waals surface area contributed by atoms with E-state index in [1.54, 1.807) is 0 Å². The molecule has 0 spiro atoms. The molecule has 0 aromatic heterocycles. The number of rotatable bonds is 4. The summed E-state index contributed by atoms with van der Waals surface area (Å²) in [6.07, 6.45) is -4.18. The van der Waals surface area contributed by atoms with E-state index in [0.717, 1.165) is 0 Å². The third-order valence-electron chi connectivity index (χ3n) is 3.09. The summed E-state index contributed by atoms with van der Waals surface area (Å²) < 4.78 is 63.9. The van der Waals surface area contributed by atoms with E-state index in [1.165, 1.54) is 24.3 Å². The second kappa shape index (κ2) is 6.65. The fraction of sp³-hybridized carbons (Fsp3) is 0.462. The molecule has 0 bridgehead atoms. The highest BCUT2D eigenvalue weighted by Crippen LogP contribution is 2.26. The Morgan fingerprint density at radius 1 is 1.30 bits per heavy atom. The highest BCUT2D eigenvalue weighted by atomic mass is 32.2. The third-order valence-corrected chi connectivity index (χ3v) is 4.86. The Balaban J connectivity index is 1.95. The fourth-order valence-electron chi connectivity index (χ4n) is 2.11. The van der Waals surface area contributed by atoms with Gasteiger partial charge in [0.25, 0.3) is 0 Å². The van der Waals surface area contributed by atoms with E-state index >= 15 is 0 Å². The van der Waals surface area contributed by atoms with Crippen LogP contribution in [0.4, 0.5) is 23.7 Å². The van der Waals surface area contributed by atoms with Crippen molar-refractivity contribution in [2.45, 2.75) is 18.6 Å². The molecular formula is C13H15F3N2O4S. The Morgan fingerprint density at radius 3 is 2.61 bits per heavy atom.